The van der Waals surface area contributed by atoms with Crippen LogP contribution in [0.3, 0.4) is 0 Å². The number of nitrogens with zero attached hydrogens (tertiary/aromatic N) is 4. The van der Waals surface area contributed by atoms with Crippen molar-refractivity contribution in [2.45, 2.75) is 58.5 Å². The third kappa shape index (κ3) is 5.69. The number of likely N-dealkylation sites (tertiary alicyclic amines) is 1. The van der Waals surface area contributed by atoms with Gasteiger partial charge in [-0.3, -0.25) is 19.5 Å². The van der Waals surface area contributed by atoms with E-state index in [1.165, 1.54) is 0 Å². The Bertz CT molecular complexity index is 1270. The van der Waals surface area contributed by atoms with Crippen molar-refractivity contribution >= 4 is 23.2 Å². The number of imidazole rings is 1. The van der Waals surface area contributed by atoms with Gasteiger partial charge in [-0.1, -0.05) is 19.4 Å². The second-order valence-corrected chi connectivity index (χ2v) is 9.45. The highest BCUT2D eigenvalue weighted by Gasteiger charge is 2.28. The van der Waals surface area contributed by atoms with Gasteiger partial charge in [-0.25, -0.2) is 9.78 Å². The van der Waals surface area contributed by atoms with Crippen LogP contribution in [0.2, 0.25) is 0 Å². The van der Waals surface area contributed by atoms with Crippen molar-refractivity contribution in [2.24, 2.45) is 5.73 Å². The Morgan fingerprint density at radius 1 is 1.27 bits per heavy atom. The van der Waals surface area contributed by atoms with Gasteiger partial charge in [0.05, 0.1) is 36.2 Å². The summed E-state index contributed by atoms with van der Waals surface area (Å²) in [4.78, 5) is 35.8. The monoisotopic (exact) mass is 508 g/mol. The molecule has 4 rings (SSSR count). The van der Waals surface area contributed by atoms with Gasteiger partial charge in [0.1, 0.15) is 17.7 Å². The highest BCUT2D eigenvalue weighted by Crippen LogP contribution is 2.36. The topological polar surface area (TPSA) is 124 Å². The average Bonchev–Trinajstić information content (AvgIpc) is 3.29. The smallest absolute Gasteiger partial charge is 0.412 e. The molecule has 3 heterocycles. The number of aryl methyl sites for hydroxylation is 1. The maximum absolute atomic E-state index is 12.4. The van der Waals surface area contributed by atoms with E-state index in [9.17, 15) is 9.59 Å². The number of amides is 2. The van der Waals surface area contributed by atoms with E-state index in [2.05, 4.69) is 14.7 Å². The molecule has 10 heteroatoms. The van der Waals surface area contributed by atoms with Crippen molar-refractivity contribution in [3.8, 4) is 17.0 Å². The Morgan fingerprint density at radius 3 is 2.70 bits per heavy atom. The number of ether oxygens (including phenoxy) is 2. The first-order valence-corrected chi connectivity index (χ1v) is 12.8. The van der Waals surface area contributed by atoms with Crippen LogP contribution in [0.4, 0.5) is 10.5 Å². The van der Waals surface area contributed by atoms with Crippen LogP contribution in [0, 0.1) is 6.92 Å². The highest BCUT2D eigenvalue weighted by atomic mass is 16.6. The number of piperidine rings is 1. The van der Waals surface area contributed by atoms with E-state index >= 15 is 0 Å². The SMILES string of the molecule is CCC[C@H](C)OC(=O)Nc1ccc(-c2nc(C3CCN(C(=O)CN)CC3)n3ccnc(C)c23)cc1OC. The van der Waals surface area contributed by atoms with Crippen LogP contribution in [0.1, 0.15) is 57.0 Å². The predicted octanol–water partition coefficient (Wildman–Crippen LogP) is 4.12. The lowest BCUT2D eigenvalue weighted by Crippen LogP contribution is -2.41. The summed E-state index contributed by atoms with van der Waals surface area (Å²) in [5.74, 6) is 1.64. The number of nitrogens with one attached hydrogen (secondary N) is 1. The molecule has 0 spiro atoms. The summed E-state index contributed by atoms with van der Waals surface area (Å²) in [5, 5.41) is 2.79. The van der Waals surface area contributed by atoms with Gasteiger partial charge in [0.25, 0.3) is 0 Å². The molecule has 3 aromatic rings. The zero-order chi connectivity index (χ0) is 26.5. The molecule has 0 bridgehead atoms. The Balaban J connectivity index is 1.64. The first kappa shape index (κ1) is 26.4. The van der Waals surface area contributed by atoms with Crippen LogP contribution in [0.25, 0.3) is 16.8 Å². The van der Waals surface area contributed by atoms with Gasteiger partial charge in [0, 0.05) is 37.0 Å². The Kier molecular flexibility index (Phi) is 8.27. The predicted molar refractivity (Wildman–Crippen MR) is 142 cm³/mol. The normalized spacial score (nSPS) is 15.0. The number of aromatic nitrogens is 3. The van der Waals surface area contributed by atoms with Crippen molar-refractivity contribution in [1.82, 2.24) is 19.3 Å². The summed E-state index contributed by atoms with van der Waals surface area (Å²) in [6.07, 6.45) is 6.41. The number of anilines is 1. The Hall–Kier alpha value is -3.66. The minimum Gasteiger partial charge on any atom is -0.495 e. The summed E-state index contributed by atoms with van der Waals surface area (Å²) in [6, 6.07) is 5.58. The van der Waals surface area contributed by atoms with Crippen molar-refractivity contribution < 1.29 is 19.1 Å². The fourth-order valence-electron chi connectivity index (χ4n) is 4.95. The summed E-state index contributed by atoms with van der Waals surface area (Å²) >= 11 is 0. The number of hydrogen-bond donors (Lipinski definition) is 2. The van der Waals surface area contributed by atoms with Crippen LogP contribution in [0.5, 0.6) is 5.75 Å². The van der Waals surface area contributed by atoms with Gasteiger partial charge in [-0.2, -0.15) is 0 Å². The van der Waals surface area contributed by atoms with Gasteiger partial charge in [0.2, 0.25) is 5.91 Å². The molecule has 3 N–H and O–H groups in total. The van der Waals surface area contributed by atoms with Crippen molar-refractivity contribution in [3.63, 3.8) is 0 Å². The van der Waals surface area contributed by atoms with Crippen molar-refractivity contribution in [3.05, 3.63) is 42.1 Å². The van der Waals surface area contributed by atoms with E-state index in [0.717, 1.165) is 54.0 Å². The summed E-state index contributed by atoms with van der Waals surface area (Å²) in [6.45, 7) is 7.25. The third-order valence-corrected chi connectivity index (χ3v) is 6.87. The molecule has 0 saturated carbocycles. The molecule has 1 aromatic carbocycles. The van der Waals surface area contributed by atoms with E-state index in [0.29, 0.717) is 24.5 Å². The molecular weight excluding hydrogens is 472 g/mol. The molecule has 1 aliphatic rings. The Morgan fingerprint density at radius 2 is 2.03 bits per heavy atom. The van der Waals surface area contributed by atoms with E-state index in [-0.39, 0.29) is 24.5 Å². The molecule has 2 amide bonds. The lowest BCUT2D eigenvalue weighted by molar-refractivity contribution is -0.130. The van der Waals surface area contributed by atoms with Crippen molar-refractivity contribution in [2.75, 3.05) is 32.1 Å². The first-order valence-electron chi connectivity index (χ1n) is 12.8. The molecule has 1 aliphatic heterocycles. The van der Waals surface area contributed by atoms with Gasteiger partial charge in [-0.05, 0) is 45.2 Å². The molecule has 1 fully saturated rings. The quantitative estimate of drug-likeness (QED) is 0.469. The maximum Gasteiger partial charge on any atom is 0.412 e. The number of carbonyl (C=O) groups is 2. The summed E-state index contributed by atoms with van der Waals surface area (Å²) in [5.41, 5.74) is 9.51. The number of nitrogens with two attached hydrogens (primary N) is 1. The van der Waals surface area contributed by atoms with E-state index in [1.54, 1.807) is 19.4 Å². The van der Waals surface area contributed by atoms with Crippen LogP contribution < -0.4 is 15.8 Å². The maximum atomic E-state index is 12.4. The summed E-state index contributed by atoms with van der Waals surface area (Å²) < 4.78 is 13.1. The number of rotatable bonds is 8. The standard InChI is InChI=1S/C27H36N6O4/c1-5-6-17(2)37-27(35)30-21-8-7-20(15-22(21)36-4)24-25-18(3)29-11-14-33(25)26(31-24)19-9-12-32(13-10-19)23(34)16-28/h7-8,11,14-15,17,19H,5-6,9-10,12-13,16,28H2,1-4H3,(H,30,35)/t17-/m0/s1. The minimum atomic E-state index is -0.513. The highest BCUT2D eigenvalue weighted by molar-refractivity contribution is 5.89. The van der Waals surface area contributed by atoms with Gasteiger partial charge >= 0.3 is 6.09 Å². The molecule has 2 aromatic heterocycles. The molecule has 0 radical (unpaired) electrons. The zero-order valence-electron chi connectivity index (χ0n) is 22.0. The van der Waals surface area contributed by atoms with Gasteiger partial charge < -0.3 is 20.1 Å². The molecule has 0 aliphatic carbocycles. The number of hydrogen-bond acceptors (Lipinski definition) is 7. The van der Waals surface area contributed by atoms with Crippen LogP contribution in [-0.2, 0) is 9.53 Å². The van der Waals surface area contributed by atoms with Crippen LogP contribution in [0.15, 0.2) is 30.6 Å². The van der Waals surface area contributed by atoms with Crippen LogP contribution in [-0.4, -0.2) is 64.1 Å². The van der Waals surface area contributed by atoms with E-state index in [4.69, 9.17) is 20.2 Å². The average molecular weight is 509 g/mol. The lowest BCUT2D eigenvalue weighted by Gasteiger charge is -2.31. The van der Waals surface area contributed by atoms with E-state index in [1.807, 2.05) is 44.0 Å². The third-order valence-electron chi connectivity index (χ3n) is 6.87. The second kappa shape index (κ2) is 11.6. The number of carbonyl (C=O) groups excluding carboxylic acids is 2. The first-order chi connectivity index (χ1) is 17.9. The zero-order valence-corrected chi connectivity index (χ0v) is 22.0. The van der Waals surface area contributed by atoms with Gasteiger partial charge in [-0.15, -0.1) is 0 Å². The molecule has 1 atom stereocenters. The molecule has 10 nitrogen and oxygen atoms in total. The summed E-state index contributed by atoms with van der Waals surface area (Å²) in [7, 11) is 1.56. The minimum absolute atomic E-state index is 0.0170. The lowest BCUT2D eigenvalue weighted by atomic mass is 9.96. The molecular formula is C27H36N6O4. The molecule has 198 valence electrons. The Labute approximate surface area is 217 Å². The largest absolute Gasteiger partial charge is 0.495 e. The fourth-order valence-corrected chi connectivity index (χ4v) is 4.95. The number of methoxy groups -OCH3 is 1. The second-order valence-electron chi connectivity index (χ2n) is 9.45. The fraction of sp³-hybridized carbons (Fsp3) is 0.481. The molecule has 0 unspecified atom stereocenters. The number of benzene rings is 1. The molecule has 1 saturated heterocycles. The van der Waals surface area contributed by atoms with Crippen molar-refractivity contribution in [1.29, 1.82) is 0 Å². The number of fused-ring (bicyclic) bond motifs is 1. The molecule has 37 heavy (non-hydrogen) atoms. The van der Waals surface area contributed by atoms with Crippen LogP contribution >= 0.6 is 0 Å². The van der Waals surface area contributed by atoms with E-state index < -0.39 is 6.09 Å². The van der Waals surface area contributed by atoms with Gasteiger partial charge in [0.15, 0.2) is 0 Å².